The van der Waals surface area contributed by atoms with Crippen LogP contribution in [0.5, 0.6) is 5.75 Å². The molecule has 4 atom stereocenters. The number of aryl methyl sites for hydroxylation is 2. The SMILES string of the molecule is CN=C(N)NCCC[C@@H](N)C(=O)N[C@@H](Cc1c(C)cc(O)cc1C)C(=O)C[C@@H](CCCCNC)C(=O)N[C@@H](Cc1ccccc1)C(N)=O. The standard InChI is InChI=1S/C35H54N8O5/c1-22-17-26(44)18-23(2)27(22)21-29(42-34(48)28(36)14-10-16-41-35(38)40-4)31(45)20-25(13-8-9-15-39-3)33(47)43-30(32(37)46)19-24-11-6-5-7-12-24/h5-7,11-12,17-18,25,28-30,39,44H,8-10,13-16,19-21,36H2,1-4H3,(H2,37,46)(H,42,48)(H,43,47)(H3,38,40,41)/t25-,28-,29+,30+/m1/s1. The van der Waals surface area contributed by atoms with Gasteiger partial charge in [0.05, 0.1) is 12.1 Å². The van der Waals surface area contributed by atoms with Crippen molar-refractivity contribution in [3.8, 4) is 5.75 Å². The Balaban J connectivity index is 2.29. The number of hydrogen-bond donors (Lipinski definition) is 8. The summed E-state index contributed by atoms with van der Waals surface area (Å²) in [5.41, 5.74) is 20.7. The number of amides is 3. The second-order valence-electron chi connectivity index (χ2n) is 12.2. The molecule has 0 aromatic heterocycles. The smallest absolute Gasteiger partial charge is 0.240 e. The van der Waals surface area contributed by atoms with Crippen LogP contribution in [-0.4, -0.2) is 79.9 Å². The molecule has 0 bridgehead atoms. The van der Waals surface area contributed by atoms with Gasteiger partial charge in [0.25, 0.3) is 0 Å². The summed E-state index contributed by atoms with van der Waals surface area (Å²) < 4.78 is 0. The van der Waals surface area contributed by atoms with Gasteiger partial charge in [-0.2, -0.15) is 0 Å². The Morgan fingerprint density at radius 3 is 2.10 bits per heavy atom. The number of benzene rings is 2. The zero-order valence-corrected chi connectivity index (χ0v) is 28.7. The van der Waals surface area contributed by atoms with Crippen LogP contribution in [0.2, 0.25) is 0 Å². The quantitative estimate of drug-likeness (QED) is 0.0536. The molecule has 13 heteroatoms. The minimum Gasteiger partial charge on any atom is -0.508 e. The molecule has 2 aromatic carbocycles. The molecule has 264 valence electrons. The molecule has 0 fully saturated rings. The number of hydrogen-bond acceptors (Lipinski definition) is 8. The number of nitrogens with two attached hydrogens (primary N) is 3. The Kier molecular flexibility index (Phi) is 17.1. The number of phenolic OH excluding ortho intramolecular Hbond substituents is 1. The molecule has 2 aromatic rings. The maximum Gasteiger partial charge on any atom is 0.240 e. The molecule has 3 amide bonds. The summed E-state index contributed by atoms with van der Waals surface area (Å²) in [6, 6.07) is 9.58. The minimum atomic E-state index is -0.990. The Morgan fingerprint density at radius 2 is 1.50 bits per heavy atom. The molecule has 13 nitrogen and oxygen atoms in total. The number of aromatic hydroxyl groups is 1. The topological polar surface area (TPSA) is 227 Å². The summed E-state index contributed by atoms with van der Waals surface area (Å²) in [5.74, 6) is -2.35. The Morgan fingerprint density at radius 1 is 0.854 bits per heavy atom. The van der Waals surface area contributed by atoms with Crippen molar-refractivity contribution in [2.75, 3.05) is 27.2 Å². The van der Waals surface area contributed by atoms with Gasteiger partial charge in [-0.3, -0.25) is 24.2 Å². The number of nitrogens with zero attached hydrogens (tertiary/aromatic N) is 1. The molecule has 0 aliphatic heterocycles. The lowest BCUT2D eigenvalue weighted by atomic mass is 9.88. The monoisotopic (exact) mass is 666 g/mol. The first-order valence-electron chi connectivity index (χ1n) is 16.5. The van der Waals surface area contributed by atoms with Crippen LogP contribution >= 0.6 is 0 Å². The zero-order chi connectivity index (χ0) is 35.6. The average Bonchev–Trinajstić information content (AvgIpc) is 3.05. The number of aliphatic imine (C=N–C) groups is 1. The first kappa shape index (κ1) is 39.7. The van der Waals surface area contributed by atoms with E-state index < -0.39 is 41.8 Å². The largest absolute Gasteiger partial charge is 0.508 e. The Bertz CT molecular complexity index is 1360. The second-order valence-corrected chi connectivity index (χ2v) is 12.2. The molecular weight excluding hydrogens is 612 g/mol. The van der Waals surface area contributed by atoms with E-state index in [0.29, 0.717) is 32.2 Å². The highest BCUT2D eigenvalue weighted by molar-refractivity contribution is 5.95. The number of guanidine groups is 1. The van der Waals surface area contributed by atoms with E-state index in [-0.39, 0.29) is 36.8 Å². The van der Waals surface area contributed by atoms with Crippen LogP contribution in [0.4, 0.5) is 0 Å². The molecule has 0 saturated heterocycles. The fourth-order valence-corrected chi connectivity index (χ4v) is 5.53. The first-order chi connectivity index (χ1) is 22.9. The first-order valence-corrected chi connectivity index (χ1v) is 16.5. The number of phenols is 1. The lowest BCUT2D eigenvalue weighted by molar-refractivity contribution is -0.133. The summed E-state index contributed by atoms with van der Waals surface area (Å²) >= 11 is 0. The van der Waals surface area contributed by atoms with Gasteiger partial charge in [-0.1, -0.05) is 36.8 Å². The summed E-state index contributed by atoms with van der Waals surface area (Å²) in [7, 11) is 3.40. The van der Waals surface area contributed by atoms with Crippen LogP contribution in [-0.2, 0) is 32.0 Å². The molecular formula is C35H54N8O5. The summed E-state index contributed by atoms with van der Waals surface area (Å²) in [4.78, 5) is 57.2. The highest BCUT2D eigenvalue weighted by Crippen LogP contribution is 2.24. The van der Waals surface area contributed by atoms with Gasteiger partial charge < -0.3 is 43.6 Å². The maximum atomic E-state index is 14.1. The van der Waals surface area contributed by atoms with Crippen LogP contribution in [0.1, 0.15) is 60.8 Å². The van der Waals surface area contributed by atoms with Crippen molar-refractivity contribution < 1.29 is 24.3 Å². The van der Waals surface area contributed by atoms with Crippen LogP contribution in [0.3, 0.4) is 0 Å². The van der Waals surface area contributed by atoms with Crippen molar-refractivity contribution >= 4 is 29.5 Å². The number of Topliss-reactive ketones (excluding diaryl/α,β-unsaturated/α-hetero) is 1. The van der Waals surface area contributed by atoms with E-state index in [2.05, 4.69) is 26.3 Å². The summed E-state index contributed by atoms with van der Waals surface area (Å²) in [5, 5.41) is 21.7. The lowest BCUT2D eigenvalue weighted by Crippen LogP contribution is -2.51. The van der Waals surface area contributed by atoms with Crippen molar-refractivity contribution in [2.45, 2.75) is 83.3 Å². The molecule has 0 radical (unpaired) electrons. The fourth-order valence-electron chi connectivity index (χ4n) is 5.53. The maximum absolute atomic E-state index is 14.1. The van der Waals surface area contributed by atoms with Gasteiger partial charge in [0.15, 0.2) is 11.7 Å². The van der Waals surface area contributed by atoms with Crippen LogP contribution in [0.25, 0.3) is 0 Å². The van der Waals surface area contributed by atoms with Gasteiger partial charge in [0, 0.05) is 38.8 Å². The van der Waals surface area contributed by atoms with Crippen LogP contribution < -0.4 is 38.5 Å². The van der Waals surface area contributed by atoms with Crippen LogP contribution in [0, 0.1) is 19.8 Å². The molecule has 0 unspecified atom stereocenters. The van der Waals surface area contributed by atoms with E-state index in [4.69, 9.17) is 17.2 Å². The van der Waals surface area contributed by atoms with Gasteiger partial charge in [0.2, 0.25) is 17.7 Å². The predicted octanol–water partition coefficient (Wildman–Crippen LogP) is 0.856. The molecule has 0 aliphatic rings. The molecule has 48 heavy (non-hydrogen) atoms. The molecule has 0 spiro atoms. The molecule has 11 N–H and O–H groups in total. The van der Waals surface area contributed by atoms with Crippen molar-refractivity contribution in [3.05, 3.63) is 64.7 Å². The highest BCUT2D eigenvalue weighted by Gasteiger charge is 2.31. The lowest BCUT2D eigenvalue weighted by Gasteiger charge is -2.25. The third kappa shape index (κ3) is 13.7. The van der Waals surface area contributed by atoms with Crippen molar-refractivity contribution in [1.82, 2.24) is 21.3 Å². The van der Waals surface area contributed by atoms with E-state index in [9.17, 15) is 24.3 Å². The summed E-state index contributed by atoms with van der Waals surface area (Å²) in [6.45, 7) is 4.86. The number of rotatable bonds is 21. The Labute approximate surface area is 283 Å². The van der Waals surface area contributed by atoms with Gasteiger partial charge in [0.1, 0.15) is 11.8 Å². The van der Waals surface area contributed by atoms with Gasteiger partial charge in [-0.15, -0.1) is 0 Å². The van der Waals surface area contributed by atoms with Crippen molar-refractivity contribution in [2.24, 2.45) is 28.1 Å². The number of unbranched alkanes of at least 4 members (excludes halogenated alkanes) is 1. The molecule has 0 aliphatic carbocycles. The predicted molar refractivity (Wildman–Crippen MR) is 188 cm³/mol. The average molecular weight is 667 g/mol. The van der Waals surface area contributed by atoms with Gasteiger partial charge in [-0.25, -0.2) is 0 Å². The number of carbonyl (C=O) groups is 4. The van der Waals surface area contributed by atoms with E-state index in [1.165, 1.54) is 0 Å². The van der Waals surface area contributed by atoms with E-state index in [1.54, 1.807) is 19.2 Å². The zero-order valence-electron chi connectivity index (χ0n) is 28.7. The third-order valence-electron chi connectivity index (χ3n) is 8.36. The van der Waals surface area contributed by atoms with Crippen molar-refractivity contribution in [3.63, 3.8) is 0 Å². The molecule has 0 saturated carbocycles. The normalized spacial score (nSPS) is 14.0. The minimum absolute atomic E-state index is 0.0999. The van der Waals surface area contributed by atoms with E-state index >= 15 is 0 Å². The van der Waals surface area contributed by atoms with E-state index in [0.717, 1.165) is 35.2 Å². The summed E-state index contributed by atoms with van der Waals surface area (Å²) in [6.07, 6.45) is 2.90. The van der Waals surface area contributed by atoms with Gasteiger partial charge in [-0.05, 0) is 87.5 Å². The number of carbonyl (C=O) groups excluding carboxylic acids is 4. The van der Waals surface area contributed by atoms with Crippen LogP contribution in [0.15, 0.2) is 47.5 Å². The Hall–Kier alpha value is -4.49. The molecule has 0 heterocycles. The third-order valence-corrected chi connectivity index (χ3v) is 8.36. The fraction of sp³-hybridized carbons (Fsp3) is 0.514. The van der Waals surface area contributed by atoms with Gasteiger partial charge >= 0.3 is 0 Å². The number of nitrogens with one attached hydrogen (secondary N) is 4. The van der Waals surface area contributed by atoms with E-state index in [1.807, 2.05) is 51.2 Å². The van der Waals surface area contributed by atoms with Crippen molar-refractivity contribution in [1.29, 1.82) is 0 Å². The molecule has 2 rings (SSSR count). The second kappa shape index (κ2) is 20.7. The number of ketones is 1. The highest BCUT2D eigenvalue weighted by atomic mass is 16.3. The number of primary amides is 1.